The molecule has 0 saturated carbocycles. The summed E-state index contributed by atoms with van der Waals surface area (Å²) in [6.07, 6.45) is 2.68. The minimum absolute atomic E-state index is 0. The van der Waals surface area contributed by atoms with Crippen molar-refractivity contribution in [3.63, 3.8) is 0 Å². The number of amides is 1. The van der Waals surface area contributed by atoms with Crippen molar-refractivity contribution < 1.29 is 4.79 Å². The second kappa shape index (κ2) is 8.70. The molecule has 6 heteroatoms. The molecule has 1 atom stereocenters. The van der Waals surface area contributed by atoms with Crippen LogP contribution in [0.5, 0.6) is 0 Å². The Bertz CT molecular complexity index is 640. The molecule has 0 aliphatic carbocycles. The first-order valence-corrected chi connectivity index (χ1v) is 7.70. The summed E-state index contributed by atoms with van der Waals surface area (Å²) in [4.78, 5) is 12.2. The summed E-state index contributed by atoms with van der Waals surface area (Å²) in [5.74, 6) is 0.551. The normalized spacial score (nSPS) is 11.7. The molecule has 23 heavy (non-hydrogen) atoms. The highest BCUT2D eigenvalue weighted by atomic mass is 35.5. The van der Waals surface area contributed by atoms with Crippen LogP contribution in [0.4, 0.5) is 5.82 Å². The van der Waals surface area contributed by atoms with E-state index in [2.05, 4.69) is 17.3 Å². The molecule has 3 N–H and O–H groups in total. The lowest BCUT2D eigenvalue weighted by molar-refractivity contribution is -0.117. The number of hydrogen-bond acceptors (Lipinski definition) is 3. The van der Waals surface area contributed by atoms with Crippen molar-refractivity contribution in [2.45, 2.75) is 39.2 Å². The van der Waals surface area contributed by atoms with Crippen LogP contribution in [0.25, 0.3) is 11.3 Å². The number of hydrogen-bond donors (Lipinski definition) is 2. The van der Waals surface area contributed by atoms with E-state index in [1.165, 1.54) is 0 Å². The third-order valence-corrected chi connectivity index (χ3v) is 3.78. The Morgan fingerprint density at radius 1 is 1.35 bits per heavy atom. The molecule has 1 aromatic heterocycles. The van der Waals surface area contributed by atoms with E-state index in [1.54, 1.807) is 4.68 Å². The van der Waals surface area contributed by atoms with Crippen molar-refractivity contribution in [1.29, 1.82) is 0 Å². The van der Waals surface area contributed by atoms with E-state index in [0.717, 1.165) is 29.7 Å². The molecule has 2 rings (SSSR count). The van der Waals surface area contributed by atoms with Crippen LogP contribution in [0.3, 0.4) is 0 Å². The average molecular weight is 337 g/mol. The maximum absolute atomic E-state index is 12.2. The van der Waals surface area contributed by atoms with Gasteiger partial charge in [0.2, 0.25) is 5.91 Å². The highest BCUT2D eigenvalue weighted by Crippen LogP contribution is 2.27. The number of unbranched alkanes of at least 4 members (excludes halogenated alkanes) is 1. The highest BCUT2D eigenvalue weighted by molar-refractivity contribution is 5.95. The van der Waals surface area contributed by atoms with Gasteiger partial charge in [0.25, 0.3) is 0 Å². The van der Waals surface area contributed by atoms with Crippen molar-refractivity contribution in [3.05, 3.63) is 35.9 Å². The van der Waals surface area contributed by atoms with Crippen LogP contribution in [0, 0.1) is 6.92 Å². The van der Waals surface area contributed by atoms with Crippen molar-refractivity contribution in [2.24, 2.45) is 12.8 Å². The van der Waals surface area contributed by atoms with Gasteiger partial charge in [-0.05, 0) is 13.3 Å². The standard InChI is InChI=1S/C17H24N4O.ClH/c1-4-5-11-14(18)17(22)19-16-12(2)15(20-21(16)3)13-9-7-6-8-10-13;/h6-10,14H,4-5,11,18H2,1-3H3,(H,19,22);1H/t14-;/m0./s1. The zero-order valence-corrected chi connectivity index (χ0v) is 14.7. The summed E-state index contributed by atoms with van der Waals surface area (Å²) in [5.41, 5.74) is 8.79. The van der Waals surface area contributed by atoms with Crippen molar-refractivity contribution in [2.75, 3.05) is 5.32 Å². The molecule has 1 amide bonds. The van der Waals surface area contributed by atoms with E-state index in [-0.39, 0.29) is 18.3 Å². The smallest absolute Gasteiger partial charge is 0.242 e. The predicted octanol–water partition coefficient (Wildman–Crippen LogP) is 3.27. The number of rotatable bonds is 6. The molecular formula is C17H25ClN4O. The van der Waals surface area contributed by atoms with Gasteiger partial charge in [-0.15, -0.1) is 12.4 Å². The molecule has 126 valence electrons. The van der Waals surface area contributed by atoms with Gasteiger partial charge < -0.3 is 11.1 Å². The Morgan fingerprint density at radius 2 is 2.00 bits per heavy atom. The zero-order chi connectivity index (χ0) is 16.1. The van der Waals surface area contributed by atoms with E-state index >= 15 is 0 Å². The largest absolute Gasteiger partial charge is 0.320 e. The molecule has 5 nitrogen and oxygen atoms in total. The Labute approximate surface area is 143 Å². The number of carbonyl (C=O) groups is 1. The maximum atomic E-state index is 12.2. The maximum Gasteiger partial charge on any atom is 0.242 e. The Balaban J connectivity index is 0.00000264. The van der Waals surface area contributed by atoms with Gasteiger partial charge in [0.05, 0.1) is 11.7 Å². The van der Waals surface area contributed by atoms with Crippen LogP contribution in [0.2, 0.25) is 0 Å². The summed E-state index contributed by atoms with van der Waals surface area (Å²) < 4.78 is 1.70. The summed E-state index contributed by atoms with van der Waals surface area (Å²) in [5, 5.41) is 7.43. The van der Waals surface area contributed by atoms with Gasteiger partial charge in [0, 0.05) is 18.2 Å². The van der Waals surface area contributed by atoms with Gasteiger partial charge in [-0.3, -0.25) is 9.48 Å². The van der Waals surface area contributed by atoms with Gasteiger partial charge in [0.1, 0.15) is 5.82 Å². The quantitative estimate of drug-likeness (QED) is 0.850. The first-order chi connectivity index (χ1) is 10.5. The number of aromatic nitrogens is 2. The number of nitrogens with one attached hydrogen (secondary N) is 1. The van der Waals surface area contributed by atoms with Crippen LogP contribution in [-0.4, -0.2) is 21.7 Å². The van der Waals surface area contributed by atoms with E-state index < -0.39 is 6.04 Å². The highest BCUT2D eigenvalue weighted by Gasteiger charge is 2.19. The summed E-state index contributed by atoms with van der Waals surface area (Å²) >= 11 is 0. The van der Waals surface area contributed by atoms with Gasteiger partial charge in [-0.1, -0.05) is 50.1 Å². The first-order valence-electron chi connectivity index (χ1n) is 7.70. The molecule has 0 radical (unpaired) electrons. The molecule has 0 aliphatic rings. The fourth-order valence-electron chi connectivity index (χ4n) is 2.44. The van der Waals surface area contributed by atoms with Gasteiger partial charge >= 0.3 is 0 Å². The third-order valence-electron chi connectivity index (χ3n) is 3.78. The van der Waals surface area contributed by atoms with Crippen LogP contribution >= 0.6 is 12.4 Å². The average Bonchev–Trinajstić information content (AvgIpc) is 2.81. The number of anilines is 1. The zero-order valence-electron chi connectivity index (χ0n) is 13.9. The SMILES string of the molecule is CCCC[C@H](N)C(=O)Nc1c(C)c(-c2ccccc2)nn1C.Cl. The van der Waals surface area contributed by atoms with Gasteiger partial charge in [0.15, 0.2) is 0 Å². The monoisotopic (exact) mass is 336 g/mol. The number of nitrogens with zero attached hydrogens (tertiary/aromatic N) is 2. The first kappa shape index (κ1) is 19.2. The van der Waals surface area contributed by atoms with Crippen LogP contribution in [-0.2, 0) is 11.8 Å². The molecule has 0 bridgehead atoms. The molecule has 0 spiro atoms. The summed E-state index contributed by atoms with van der Waals surface area (Å²) in [6.45, 7) is 4.05. The number of halogens is 1. The van der Waals surface area contributed by atoms with E-state index in [0.29, 0.717) is 12.2 Å². The minimum Gasteiger partial charge on any atom is -0.320 e. The Kier molecular flexibility index (Phi) is 7.26. The second-order valence-electron chi connectivity index (χ2n) is 5.55. The topological polar surface area (TPSA) is 72.9 Å². The van der Waals surface area contributed by atoms with Crippen LogP contribution in [0.15, 0.2) is 30.3 Å². The molecule has 1 heterocycles. The lowest BCUT2D eigenvalue weighted by Crippen LogP contribution is -2.36. The summed E-state index contributed by atoms with van der Waals surface area (Å²) in [6, 6.07) is 9.46. The molecule has 0 unspecified atom stereocenters. The molecular weight excluding hydrogens is 312 g/mol. The summed E-state index contributed by atoms with van der Waals surface area (Å²) in [7, 11) is 1.83. The van der Waals surface area contributed by atoms with Crippen molar-refractivity contribution in [1.82, 2.24) is 9.78 Å². The van der Waals surface area contributed by atoms with E-state index in [9.17, 15) is 4.79 Å². The molecule has 0 aliphatic heterocycles. The van der Waals surface area contributed by atoms with Crippen LogP contribution < -0.4 is 11.1 Å². The number of carbonyl (C=O) groups excluding carboxylic acids is 1. The predicted molar refractivity (Wildman–Crippen MR) is 96.8 cm³/mol. The van der Waals surface area contributed by atoms with Gasteiger partial charge in [-0.2, -0.15) is 5.10 Å². The molecule has 2 aromatic rings. The fraction of sp³-hybridized carbons (Fsp3) is 0.412. The van der Waals surface area contributed by atoms with Crippen LogP contribution in [0.1, 0.15) is 31.7 Å². The number of aryl methyl sites for hydroxylation is 1. The van der Waals surface area contributed by atoms with Crippen molar-refractivity contribution in [3.8, 4) is 11.3 Å². The third kappa shape index (κ3) is 4.56. The van der Waals surface area contributed by atoms with Crippen molar-refractivity contribution >= 4 is 24.1 Å². The Morgan fingerprint density at radius 3 is 2.61 bits per heavy atom. The molecule has 1 aromatic carbocycles. The van der Waals surface area contributed by atoms with E-state index in [1.807, 2.05) is 44.3 Å². The second-order valence-corrected chi connectivity index (χ2v) is 5.55. The van der Waals surface area contributed by atoms with E-state index in [4.69, 9.17) is 5.73 Å². The lowest BCUT2D eigenvalue weighted by atomic mass is 10.1. The number of nitrogens with two attached hydrogens (primary N) is 1. The molecule has 0 saturated heterocycles. The molecule has 0 fully saturated rings. The van der Waals surface area contributed by atoms with Gasteiger partial charge in [-0.25, -0.2) is 0 Å². The minimum atomic E-state index is -0.477. The Hall–Kier alpha value is -1.85. The lowest BCUT2D eigenvalue weighted by Gasteiger charge is -2.12. The number of benzene rings is 1. The fourth-order valence-corrected chi connectivity index (χ4v) is 2.44.